The fraction of sp³-hybridized carbons (Fsp3) is 0.455. The zero-order chi connectivity index (χ0) is 13.1. The van der Waals surface area contributed by atoms with Gasteiger partial charge in [0.25, 0.3) is 0 Å². The molecule has 0 unspecified atom stereocenters. The van der Waals surface area contributed by atoms with Gasteiger partial charge in [0, 0.05) is 22.9 Å². The molecule has 0 bridgehead atoms. The lowest BCUT2D eigenvalue weighted by molar-refractivity contribution is 0.596. The summed E-state index contributed by atoms with van der Waals surface area (Å²) in [5, 5.41) is 0. The van der Waals surface area contributed by atoms with Crippen LogP contribution in [0.15, 0.2) is 23.1 Å². The monoisotopic (exact) mass is 277 g/mol. The van der Waals surface area contributed by atoms with Gasteiger partial charge in [-0.05, 0) is 24.6 Å². The first-order valence-electron chi connectivity index (χ1n) is 5.15. The van der Waals surface area contributed by atoms with Crippen molar-refractivity contribution in [2.45, 2.75) is 17.9 Å². The van der Waals surface area contributed by atoms with Crippen LogP contribution in [-0.2, 0) is 9.84 Å². The highest BCUT2D eigenvalue weighted by Crippen LogP contribution is 2.24. The summed E-state index contributed by atoms with van der Waals surface area (Å²) in [7, 11) is -2.99. The van der Waals surface area contributed by atoms with Crippen LogP contribution in [0.1, 0.15) is 18.5 Å². The van der Waals surface area contributed by atoms with E-state index in [0.29, 0.717) is 10.6 Å². The third-order valence-corrected chi connectivity index (χ3v) is 4.45. The number of nitrogens with two attached hydrogens (primary N) is 1. The first-order chi connectivity index (χ1) is 7.79. The summed E-state index contributed by atoms with van der Waals surface area (Å²) in [6, 6.07) is 4.59. The normalized spacial score (nSPS) is 13.6. The van der Waals surface area contributed by atoms with Crippen LogP contribution >= 0.6 is 11.8 Å². The Morgan fingerprint density at radius 2 is 2.12 bits per heavy atom. The molecule has 1 aromatic rings. The Bertz CT molecular complexity index is 486. The zero-order valence-corrected chi connectivity index (χ0v) is 11.4. The van der Waals surface area contributed by atoms with Crippen molar-refractivity contribution >= 4 is 21.6 Å². The zero-order valence-electron chi connectivity index (χ0n) is 9.81. The Kier molecular flexibility index (Phi) is 4.97. The molecule has 2 N–H and O–H groups in total. The van der Waals surface area contributed by atoms with Gasteiger partial charge in [0.1, 0.15) is 15.7 Å². The van der Waals surface area contributed by atoms with E-state index >= 15 is 0 Å². The number of sulfone groups is 1. The SMILES string of the molecule is C[C@H](N)c1ccc(SCCS(C)(=O)=O)c(F)c1. The van der Waals surface area contributed by atoms with Crippen LogP contribution in [0, 0.1) is 5.82 Å². The number of hydrogen-bond donors (Lipinski definition) is 1. The Morgan fingerprint density at radius 3 is 2.59 bits per heavy atom. The maximum atomic E-state index is 13.6. The van der Waals surface area contributed by atoms with E-state index in [-0.39, 0.29) is 17.6 Å². The number of benzene rings is 1. The quantitative estimate of drug-likeness (QED) is 0.836. The molecule has 1 aromatic carbocycles. The molecular weight excluding hydrogens is 261 g/mol. The topological polar surface area (TPSA) is 60.2 Å². The van der Waals surface area contributed by atoms with Crippen LogP contribution in [0.5, 0.6) is 0 Å². The lowest BCUT2D eigenvalue weighted by Crippen LogP contribution is -2.06. The van der Waals surface area contributed by atoms with Crippen molar-refractivity contribution in [3.63, 3.8) is 0 Å². The molecule has 96 valence electrons. The minimum absolute atomic E-state index is 0.0478. The molecular formula is C11H16FNO2S2. The van der Waals surface area contributed by atoms with Crippen LogP contribution in [-0.4, -0.2) is 26.2 Å². The Balaban J connectivity index is 2.67. The summed E-state index contributed by atoms with van der Waals surface area (Å²) in [6.07, 6.45) is 1.17. The average molecular weight is 277 g/mol. The number of hydrogen-bond acceptors (Lipinski definition) is 4. The van der Waals surface area contributed by atoms with Gasteiger partial charge in [0.05, 0.1) is 5.75 Å². The van der Waals surface area contributed by atoms with Crippen molar-refractivity contribution in [2.24, 2.45) is 5.73 Å². The van der Waals surface area contributed by atoms with Gasteiger partial charge in [-0.25, -0.2) is 12.8 Å². The van der Waals surface area contributed by atoms with Crippen molar-refractivity contribution < 1.29 is 12.8 Å². The molecule has 0 aliphatic heterocycles. The van der Waals surface area contributed by atoms with Crippen molar-refractivity contribution in [3.8, 4) is 0 Å². The Hall–Kier alpha value is -0.590. The standard InChI is InChI=1S/C11H16FNO2S2/c1-8(13)9-3-4-11(10(12)7-9)16-5-6-17(2,14)15/h3-4,7-8H,5-6,13H2,1-2H3/t8-/m0/s1. The fourth-order valence-electron chi connectivity index (χ4n) is 1.22. The molecule has 1 rings (SSSR count). The molecule has 6 heteroatoms. The fourth-order valence-corrected chi connectivity index (χ4v) is 3.35. The molecule has 0 spiro atoms. The highest BCUT2D eigenvalue weighted by Gasteiger charge is 2.08. The van der Waals surface area contributed by atoms with E-state index in [1.807, 2.05) is 0 Å². The second-order valence-electron chi connectivity index (χ2n) is 3.96. The summed E-state index contributed by atoms with van der Waals surface area (Å²) in [5.41, 5.74) is 6.37. The smallest absolute Gasteiger partial charge is 0.148 e. The second kappa shape index (κ2) is 5.84. The average Bonchev–Trinajstić information content (AvgIpc) is 2.18. The van der Waals surface area contributed by atoms with Gasteiger partial charge in [-0.15, -0.1) is 11.8 Å². The van der Waals surface area contributed by atoms with Crippen LogP contribution in [0.25, 0.3) is 0 Å². The Morgan fingerprint density at radius 1 is 1.47 bits per heavy atom. The highest BCUT2D eigenvalue weighted by atomic mass is 32.2. The highest BCUT2D eigenvalue weighted by molar-refractivity contribution is 8.00. The van der Waals surface area contributed by atoms with Gasteiger partial charge < -0.3 is 5.73 Å². The maximum absolute atomic E-state index is 13.6. The minimum Gasteiger partial charge on any atom is -0.324 e. The van der Waals surface area contributed by atoms with Crippen molar-refractivity contribution in [1.82, 2.24) is 0 Å². The van der Waals surface area contributed by atoms with Crippen molar-refractivity contribution in [2.75, 3.05) is 17.8 Å². The third-order valence-electron chi connectivity index (χ3n) is 2.19. The molecule has 0 heterocycles. The second-order valence-corrected chi connectivity index (χ2v) is 7.35. The summed E-state index contributed by atoms with van der Waals surface area (Å²) in [4.78, 5) is 0.457. The number of halogens is 1. The molecule has 3 nitrogen and oxygen atoms in total. The van der Waals surface area contributed by atoms with Crippen molar-refractivity contribution in [1.29, 1.82) is 0 Å². The van der Waals surface area contributed by atoms with Gasteiger partial charge in [-0.2, -0.15) is 0 Å². The Labute approximate surface area is 106 Å². The van der Waals surface area contributed by atoms with Gasteiger partial charge in [0.15, 0.2) is 0 Å². The molecule has 17 heavy (non-hydrogen) atoms. The van der Waals surface area contributed by atoms with E-state index in [1.54, 1.807) is 19.1 Å². The van der Waals surface area contributed by atoms with Crippen LogP contribution in [0.2, 0.25) is 0 Å². The first kappa shape index (κ1) is 14.5. The molecule has 0 fully saturated rings. The van der Waals surface area contributed by atoms with Gasteiger partial charge in [0.2, 0.25) is 0 Å². The molecule has 0 amide bonds. The molecule has 0 aromatic heterocycles. The lowest BCUT2D eigenvalue weighted by atomic mass is 10.1. The maximum Gasteiger partial charge on any atom is 0.148 e. The van der Waals surface area contributed by atoms with E-state index in [2.05, 4.69) is 0 Å². The van der Waals surface area contributed by atoms with E-state index in [0.717, 1.165) is 5.56 Å². The summed E-state index contributed by atoms with van der Waals surface area (Å²) in [6.45, 7) is 1.78. The van der Waals surface area contributed by atoms with E-state index in [9.17, 15) is 12.8 Å². The molecule has 1 atom stereocenters. The van der Waals surface area contributed by atoms with Crippen LogP contribution in [0.4, 0.5) is 4.39 Å². The number of thioether (sulfide) groups is 1. The summed E-state index contributed by atoms with van der Waals surface area (Å²) >= 11 is 1.20. The molecule has 0 radical (unpaired) electrons. The van der Waals surface area contributed by atoms with Gasteiger partial charge in [-0.1, -0.05) is 6.07 Å². The molecule has 0 aliphatic carbocycles. The third kappa shape index (κ3) is 5.06. The number of rotatable bonds is 5. The molecule has 0 saturated heterocycles. The largest absolute Gasteiger partial charge is 0.324 e. The lowest BCUT2D eigenvalue weighted by Gasteiger charge is -2.08. The van der Waals surface area contributed by atoms with Crippen molar-refractivity contribution in [3.05, 3.63) is 29.6 Å². The van der Waals surface area contributed by atoms with E-state index < -0.39 is 9.84 Å². The molecule has 0 saturated carbocycles. The van der Waals surface area contributed by atoms with E-state index in [4.69, 9.17) is 5.73 Å². The van der Waals surface area contributed by atoms with Gasteiger partial charge in [-0.3, -0.25) is 0 Å². The summed E-state index contributed by atoms with van der Waals surface area (Å²) < 4.78 is 35.5. The predicted molar refractivity (Wildman–Crippen MR) is 69.4 cm³/mol. The minimum atomic E-state index is -2.99. The first-order valence-corrected chi connectivity index (χ1v) is 8.20. The molecule has 0 aliphatic rings. The van der Waals surface area contributed by atoms with E-state index in [1.165, 1.54) is 24.1 Å². The van der Waals surface area contributed by atoms with Gasteiger partial charge >= 0.3 is 0 Å². The summed E-state index contributed by atoms with van der Waals surface area (Å²) in [5.74, 6) is 0.0534. The van der Waals surface area contributed by atoms with Crippen LogP contribution in [0.3, 0.4) is 0 Å². The van der Waals surface area contributed by atoms with Crippen LogP contribution < -0.4 is 5.73 Å². The predicted octanol–water partition coefficient (Wildman–Crippen LogP) is 1.98.